The van der Waals surface area contributed by atoms with Crippen LogP contribution in [-0.4, -0.2) is 41.9 Å². The Morgan fingerprint density at radius 1 is 1.50 bits per heavy atom. The van der Waals surface area contributed by atoms with Crippen LogP contribution in [0.1, 0.15) is 12.5 Å². The van der Waals surface area contributed by atoms with Crippen LogP contribution in [0.3, 0.4) is 0 Å². The Hall–Kier alpha value is -0.710. The normalized spacial score (nSPS) is 21.2. The average Bonchev–Trinajstić information content (AvgIpc) is 2.80. The number of fused-ring (bicyclic) bond motifs is 1. The van der Waals surface area contributed by atoms with E-state index in [4.69, 9.17) is 4.74 Å². The smallest absolute Gasteiger partial charge is 0.123 e. The molecule has 1 aromatic carbocycles. The molecule has 3 atom stereocenters. The van der Waals surface area contributed by atoms with Crippen molar-refractivity contribution >= 4 is 11.8 Å². The fourth-order valence-electron chi connectivity index (χ4n) is 2.25. The summed E-state index contributed by atoms with van der Waals surface area (Å²) in [7, 11) is 0. The molecular weight excluding hydrogens is 246 g/mol. The van der Waals surface area contributed by atoms with E-state index in [0.29, 0.717) is 0 Å². The standard InChI is InChI=1S/C14H21NO2S/c1-10(14(9-16)18-2)15-8-12-7-11-5-3-4-6-13(11)17-12/h3-6,10,12,14-16H,7-9H2,1-2H3. The zero-order valence-electron chi connectivity index (χ0n) is 10.9. The van der Waals surface area contributed by atoms with E-state index in [9.17, 15) is 5.11 Å². The van der Waals surface area contributed by atoms with Crippen LogP contribution < -0.4 is 10.1 Å². The molecule has 2 N–H and O–H groups in total. The largest absolute Gasteiger partial charge is 0.488 e. The number of hydrogen-bond acceptors (Lipinski definition) is 4. The Bertz CT molecular complexity index is 357. The van der Waals surface area contributed by atoms with Crippen molar-refractivity contribution in [3.8, 4) is 5.75 Å². The first kappa shape index (κ1) is 13.7. The molecule has 0 radical (unpaired) electrons. The number of rotatable bonds is 6. The second-order valence-corrected chi connectivity index (χ2v) is 5.78. The molecule has 1 aliphatic heterocycles. The first-order valence-electron chi connectivity index (χ1n) is 6.36. The van der Waals surface area contributed by atoms with Gasteiger partial charge in [0.05, 0.1) is 6.61 Å². The highest BCUT2D eigenvalue weighted by Gasteiger charge is 2.23. The Morgan fingerprint density at radius 2 is 2.28 bits per heavy atom. The second-order valence-electron chi connectivity index (χ2n) is 4.71. The van der Waals surface area contributed by atoms with Crippen molar-refractivity contribution in [2.75, 3.05) is 19.4 Å². The van der Waals surface area contributed by atoms with Crippen molar-refractivity contribution in [1.82, 2.24) is 5.32 Å². The van der Waals surface area contributed by atoms with Gasteiger partial charge in [-0.2, -0.15) is 11.8 Å². The van der Waals surface area contributed by atoms with E-state index >= 15 is 0 Å². The van der Waals surface area contributed by atoms with Crippen LogP contribution in [0.5, 0.6) is 5.75 Å². The van der Waals surface area contributed by atoms with Gasteiger partial charge < -0.3 is 15.2 Å². The van der Waals surface area contributed by atoms with Crippen molar-refractivity contribution in [3.05, 3.63) is 29.8 Å². The van der Waals surface area contributed by atoms with E-state index in [2.05, 4.69) is 24.4 Å². The Balaban J connectivity index is 1.80. The number of aliphatic hydroxyl groups excluding tert-OH is 1. The lowest BCUT2D eigenvalue weighted by molar-refractivity contribution is 0.215. The van der Waals surface area contributed by atoms with Gasteiger partial charge in [0.1, 0.15) is 11.9 Å². The molecule has 0 amide bonds. The summed E-state index contributed by atoms with van der Waals surface area (Å²) in [5.74, 6) is 1.01. The number of ether oxygens (including phenoxy) is 1. The third kappa shape index (κ3) is 3.19. The molecule has 0 spiro atoms. The first-order chi connectivity index (χ1) is 8.74. The maximum Gasteiger partial charge on any atom is 0.123 e. The summed E-state index contributed by atoms with van der Waals surface area (Å²) in [4.78, 5) is 0. The van der Waals surface area contributed by atoms with Crippen LogP contribution in [0.15, 0.2) is 24.3 Å². The molecule has 0 bridgehead atoms. The Labute approximate surface area is 113 Å². The minimum atomic E-state index is 0.209. The second kappa shape index (κ2) is 6.45. The number of para-hydroxylation sites is 1. The molecule has 0 fully saturated rings. The van der Waals surface area contributed by atoms with E-state index < -0.39 is 0 Å². The summed E-state index contributed by atoms with van der Waals surface area (Å²) in [6.07, 6.45) is 3.21. The van der Waals surface area contributed by atoms with Gasteiger partial charge >= 0.3 is 0 Å². The zero-order valence-corrected chi connectivity index (χ0v) is 11.7. The quantitative estimate of drug-likeness (QED) is 0.823. The highest BCUT2D eigenvalue weighted by molar-refractivity contribution is 7.99. The summed E-state index contributed by atoms with van der Waals surface area (Å²) < 4.78 is 5.87. The number of aliphatic hydroxyl groups is 1. The molecular formula is C14H21NO2S. The molecule has 0 aromatic heterocycles. The van der Waals surface area contributed by atoms with Gasteiger partial charge in [-0.05, 0) is 24.8 Å². The number of nitrogens with one attached hydrogen (secondary N) is 1. The van der Waals surface area contributed by atoms with Crippen molar-refractivity contribution in [3.63, 3.8) is 0 Å². The summed E-state index contributed by atoms with van der Waals surface area (Å²) in [5, 5.41) is 12.9. The van der Waals surface area contributed by atoms with Crippen LogP contribution >= 0.6 is 11.8 Å². The topological polar surface area (TPSA) is 41.5 Å². The van der Waals surface area contributed by atoms with Gasteiger partial charge in [-0.25, -0.2) is 0 Å². The van der Waals surface area contributed by atoms with Crippen LogP contribution in [0, 0.1) is 0 Å². The third-order valence-corrected chi connectivity index (χ3v) is 4.58. The average molecular weight is 267 g/mol. The number of benzene rings is 1. The number of hydrogen-bond donors (Lipinski definition) is 2. The highest BCUT2D eigenvalue weighted by Crippen LogP contribution is 2.27. The predicted octanol–water partition coefficient (Wildman–Crippen LogP) is 1.69. The van der Waals surface area contributed by atoms with E-state index in [0.717, 1.165) is 18.7 Å². The van der Waals surface area contributed by atoms with Crippen LogP contribution in [0.4, 0.5) is 0 Å². The lowest BCUT2D eigenvalue weighted by atomic mass is 10.1. The molecule has 3 unspecified atom stereocenters. The summed E-state index contributed by atoms with van der Waals surface area (Å²) in [6.45, 7) is 3.15. The van der Waals surface area contributed by atoms with Crippen LogP contribution in [-0.2, 0) is 6.42 Å². The van der Waals surface area contributed by atoms with Gasteiger partial charge in [-0.15, -0.1) is 0 Å². The molecule has 1 aliphatic rings. The lowest BCUT2D eigenvalue weighted by Crippen LogP contribution is -2.42. The van der Waals surface area contributed by atoms with Crippen molar-refractivity contribution in [2.24, 2.45) is 0 Å². The van der Waals surface area contributed by atoms with Gasteiger partial charge in [0, 0.05) is 24.3 Å². The van der Waals surface area contributed by atoms with Gasteiger partial charge in [0.2, 0.25) is 0 Å². The predicted molar refractivity (Wildman–Crippen MR) is 76.4 cm³/mol. The monoisotopic (exact) mass is 267 g/mol. The molecule has 0 saturated carbocycles. The molecule has 2 rings (SSSR count). The van der Waals surface area contributed by atoms with E-state index in [1.807, 2.05) is 18.4 Å². The van der Waals surface area contributed by atoms with Gasteiger partial charge in [-0.1, -0.05) is 18.2 Å². The molecule has 18 heavy (non-hydrogen) atoms. The van der Waals surface area contributed by atoms with E-state index in [1.54, 1.807) is 11.8 Å². The van der Waals surface area contributed by atoms with Gasteiger partial charge in [-0.3, -0.25) is 0 Å². The zero-order chi connectivity index (χ0) is 13.0. The minimum Gasteiger partial charge on any atom is -0.488 e. The van der Waals surface area contributed by atoms with Crippen molar-refractivity contribution in [2.45, 2.75) is 30.7 Å². The molecule has 100 valence electrons. The first-order valence-corrected chi connectivity index (χ1v) is 7.65. The molecule has 0 saturated heterocycles. The summed E-state index contributed by atoms with van der Waals surface area (Å²) in [6, 6.07) is 8.49. The molecule has 1 aromatic rings. The minimum absolute atomic E-state index is 0.209. The van der Waals surface area contributed by atoms with E-state index in [-0.39, 0.29) is 24.0 Å². The van der Waals surface area contributed by atoms with Crippen molar-refractivity contribution in [1.29, 1.82) is 0 Å². The third-order valence-electron chi connectivity index (χ3n) is 3.42. The highest BCUT2D eigenvalue weighted by atomic mass is 32.2. The molecule has 3 nitrogen and oxygen atoms in total. The maximum absolute atomic E-state index is 9.24. The molecule has 1 heterocycles. The Kier molecular flexibility index (Phi) is 4.92. The summed E-state index contributed by atoms with van der Waals surface area (Å²) >= 11 is 1.69. The van der Waals surface area contributed by atoms with Gasteiger partial charge in [0.25, 0.3) is 0 Å². The molecule has 4 heteroatoms. The summed E-state index contributed by atoms with van der Waals surface area (Å²) in [5.41, 5.74) is 1.29. The van der Waals surface area contributed by atoms with Gasteiger partial charge in [0.15, 0.2) is 0 Å². The fraction of sp³-hybridized carbons (Fsp3) is 0.571. The van der Waals surface area contributed by atoms with E-state index in [1.165, 1.54) is 5.56 Å². The SMILES string of the molecule is CSC(CO)C(C)NCC1Cc2ccccc2O1. The maximum atomic E-state index is 9.24. The Morgan fingerprint density at radius 3 is 2.94 bits per heavy atom. The van der Waals surface area contributed by atoms with Crippen molar-refractivity contribution < 1.29 is 9.84 Å². The molecule has 0 aliphatic carbocycles. The number of thioether (sulfide) groups is 1. The van der Waals surface area contributed by atoms with Crippen LogP contribution in [0.2, 0.25) is 0 Å². The van der Waals surface area contributed by atoms with Crippen LogP contribution in [0.25, 0.3) is 0 Å². The fourth-order valence-corrected chi connectivity index (χ4v) is 2.91. The lowest BCUT2D eigenvalue weighted by Gasteiger charge is -2.23.